The normalized spacial score (nSPS) is 15.7. The number of rotatable bonds is 5. The van der Waals surface area contributed by atoms with E-state index in [1.54, 1.807) is 6.21 Å². The fraction of sp³-hybridized carbons (Fsp3) is 0.727. The van der Waals surface area contributed by atoms with Gasteiger partial charge in [-0.3, -0.25) is 0 Å². The van der Waals surface area contributed by atoms with Gasteiger partial charge >= 0.3 is 0 Å². The average Bonchev–Trinajstić information content (AvgIpc) is 2.11. The highest BCUT2D eigenvalue weighted by Crippen LogP contribution is 2.22. The summed E-state index contributed by atoms with van der Waals surface area (Å²) in [4.78, 5) is 0. The molecular formula is C11H21NO. The molecule has 0 aromatic rings. The Balaban J connectivity index is 4.06. The van der Waals surface area contributed by atoms with E-state index in [0.29, 0.717) is 5.92 Å². The third-order valence-electron chi connectivity index (χ3n) is 2.22. The van der Waals surface area contributed by atoms with Gasteiger partial charge in [-0.15, -0.1) is 5.16 Å². The van der Waals surface area contributed by atoms with E-state index < -0.39 is 0 Å². The third-order valence-corrected chi connectivity index (χ3v) is 2.22. The van der Waals surface area contributed by atoms with Gasteiger partial charge in [0, 0.05) is 6.21 Å². The van der Waals surface area contributed by atoms with Gasteiger partial charge in [0.1, 0.15) is 0 Å². The van der Waals surface area contributed by atoms with Crippen LogP contribution in [-0.2, 0) is 0 Å². The Labute approximate surface area is 81.3 Å². The first-order valence-electron chi connectivity index (χ1n) is 4.87. The Morgan fingerprint density at radius 3 is 2.54 bits per heavy atom. The van der Waals surface area contributed by atoms with Crippen molar-refractivity contribution >= 4 is 6.21 Å². The van der Waals surface area contributed by atoms with E-state index in [1.165, 1.54) is 6.42 Å². The summed E-state index contributed by atoms with van der Waals surface area (Å²) in [5, 5.41) is 11.3. The van der Waals surface area contributed by atoms with Crippen LogP contribution in [-0.4, -0.2) is 11.4 Å². The molecule has 0 saturated heterocycles. The zero-order valence-corrected chi connectivity index (χ0v) is 9.12. The largest absolute Gasteiger partial charge is 0.411 e. The van der Waals surface area contributed by atoms with Crippen LogP contribution < -0.4 is 0 Å². The lowest BCUT2D eigenvalue weighted by atomic mass is 9.88. The molecule has 76 valence electrons. The van der Waals surface area contributed by atoms with Crippen LogP contribution in [0, 0.1) is 11.3 Å². The molecule has 2 heteroatoms. The molecule has 0 saturated carbocycles. The van der Waals surface area contributed by atoms with Crippen molar-refractivity contribution in [2.24, 2.45) is 16.5 Å². The van der Waals surface area contributed by atoms with Crippen LogP contribution in [0.4, 0.5) is 0 Å². The molecule has 0 aliphatic carbocycles. The van der Waals surface area contributed by atoms with Crippen molar-refractivity contribution in [1.82, 2.24) is 0 Å². The topological polar surface area (TPSA) is 32.6 Å². The number of allylic oxidation sites excluding steroid dienone is 2. The Morgan fingerprint density at radius 1 is 1.46 bits per heavy atom. The lowest BCUT2D eigenvalue weighted by Gasteiger charge is -2.17. The first kappa shape index (κ1) is 12.2. The van der Waals surface area contributed by atoms with Gasteiger partial charge in [-0.25, -0.2) is 0 Å². The highest BCUT2D eigenvalue weighted by molar-refractivity contribution is 5.57. The minimum Gasteiger partial charge on any atom is -0.411 e. The molecule has 0 unspecified atom stereocenters. The summed E-state index contributed by atoms with van der Waals surface area (Å²) < 4.78 is 0. The Kier molecular flexibility index (Phi) is 5.44. The zero-order chi connectivity index (χ0) is 10.3. The van der Waals surface area contributed by atoms with E-state index in [0.717, 1.165) is 6.42 Å². The highest BCUT2D eigenvalue weighted by atomic mass is 16.4. The quantitative estimate of drug-likeness (QED) is 0.301. The average molecular weight is 183 g/mol. The Bertz CT molecular complexity index is 183. The number of hydrogen-bond acceptors (Lipinski definition) is 2. The molecule has 0 rings (SSSR count). The van der Waals surface area contributed by atoms with E-state index in [4.69, 9.17) is 5.21 Å². The molecule has 2 nitrogen and oxygen atoms in total. The van der Waals surface area contributed by atoms with Crippen LogP contribution in [0.15, 0.2) is 17.3 Å². The highest BCUT2D eigenvalue weighted by Gasteiger charge is 2.11. The predicted octanol–water partition coefficient (Wildman–Crippen LogP) is 3.47. The van der Waals surface area contributed by atoms with Gasteiger partial charge in [-0.05, 0) is 17.8 Å². The van der Waals surface area contributed by atoms with Gasteiger partial charge < -0.3 is 5.21 Å². The van der Waals surface area contributed by atoms with E-state index in [1.807, 2.05) is 0 Å². The Morgan fingerprint density at radius 2 is 2.08 bits per heavy atom. The molecule has 0 aromatic heterocycles. The maximum Gasteiger partial charge on any atom is 0.0444 e. The third kappa shape index (κ3) is 6.38. The lowest BCUT2D eigenvalue weighted by Crippen LogP contribution is -2.08. The van der Waals surface area contributed by atoms with Crippen LogP contribution in [0.1, 0.15) is 40.5 Å². The molecule has 0 heterocycles. The van der Waals surface area contributed by atoms with Crippen molar-refractivity contribution in [3.05, 3.63) is 12.2 Å². The fourth-order valence-corrected chi connectivity index (χ4v) is 0.905. The molecule has 0 aliphatic heterocycles. The van der Waals surface area contributed by atoms with Gasteiger partial charge in [-0.1, -0.05) is 46.3 Å². The smallest absolute Gasteiger partial charge is 0.0444 e. The van der Waals surface area contributed by atoms with Crippen molar-refractivity contribution in [3.63, 3.8) is 0 Å². The summed E-state index contributed by atoms with van der Waals surface area (Å²) in [6, 6.07) is 0. The first-order chi connectivity index (χ1) is 6.02. The minimum absolute atomic E-state index is 0.0929. The van der Waals surface area contributed by atoms with Gasteiger partial charge in [0.05, 0.1) is 0 Å². The number of nitrogens with zero attached hydrogens (tertiary/aromatic N) is 1. The molecule has 1 N–H and O–H groups in total. The van der Waals surface area contributed by atoms with Crippen LogP contribution in [0.3, 0.4) is 0 Å². The first-order valence-corrected chi connectivity index (χ1v) is 4.87. The van der Waals surface area contributed by atoms with E-state index in [-0.39, 0.29) is 5.41 Å². The van der Waals surface area contributed by atoms with Crippen molar-refractivity contribution in [3.8, 4) is 0 Å². The van der Waals surface area contributed by atoms with E-state index >= 15 is 0 Å². The summed E-state index contributed by atoms with van der Waals surface area (Å²) in [5.74, 6) is 0.630. The van der Waals surface area contributed by atoms with Crippen LogP contribution in [0.5, 0.6) is 0 Å². The maximum absolute atomic E-state index is 8.30. The Hall–Kier alpha value is -0.790. The second kappa shape index (κ2) is 5.79. The van der Waals surface area contributed by atoms with Gasteiger partial charge in [0.2, 0.25) is 0 Å². The molecule has 0 aliphatic rings. The summed E-state index contributed by atoms with van der Waals surface area (Å²) in [5.41, 5.74) is 0.0929. The number of hydrogen-bond donors (Lipinski definition) is 1. The molecule has 0 spiro atoms. The van der Waals surface area contributed by atoms with Gasteiger partial charge in [0.15, 0.2) is 0 Å². The molecule has 0 bridgehead atoms. The van der Waals surface area contributed by atoms with E-state index in [2.05, 4.69) is 45.0 Å². The molecular weight excluding hydrogens is 162 g/mol. The standard InChI is InChI=1S/C11H21NO/c1-5-10(2)6-7-11(3,4)8-9-12-13/h6-7,9-10,13H,5,8H2,1-4H3/b7-6+,12-9?/t10-/m0/s1. The zero-order valence-electron chi connectivity index (χ0n) is 9.12. The second-order valence-electron chi connectivity index (χ2n) is 4.24. The second-order valence-corrected chi connectivity index (χ2v) is 4.24. The molecule has 0 fully saturated rings. The number of oxime groups is 1. The molecule has 0 aromatic carbocycles. The molecule has 0 radical (unpaired) electrons. The van der Waals surface area contributed by atoms with E-state index in [9.17, 15) is 0 Å². The van der Waals surface area contributed by atoms with Crippen LogP contribution >= 0.6 is 0 Å². The van der Waals surface area contributed by atoms with Gasteiger partial charge in [0.25, 0.3) is 0 Å². The molecule has 13 heavy (non-hydrogen) atoms. The molecule has 0 amide bonds. The van der Waals surface area contributed by atoms with Crippen LogP contribution in [0.2, 0.25) is 0 Å². The molecule has 1 atom stereocenters. The summed E-state index contributed by atoms with van der Waals surface area (Å²) >= 11 is 0. The summed E-state index contributed by atoms with van der Waals surface area (Å²) in [7, 11) is 0. The monoisotopic (exact) mass is 183 g/mol. The predicted molar refractivity (Wildman–Crippen MR) is 57.3 cm³/mol. The minimum atomic E-state index is 0.0929. The lowest BCUT2D eigenvalue weighted by molar-refractivity contribution is 0.318. The fourth-order valence-electron chi connectivity index (χ4n) is 0.905. The van der Waals surface area contributed by atoms with Crippen molar-refractivity contribution < 1.29 is 5.21 Å². The SMILES string of the molecule is CC[C@H](C)/C=C/C(C)(C)CC=NO. The van der Waals surface area contributed by atoms with Crippen molar-refractivity contribution in [2.75, 3.05) is 0 Å². The maximum atomic E-state index is 8.30. The summed E-state index contributed by atoms with van der Waals surface area (Å²) in [6.45, 7) is 8.64. The van der Waals surface area contributed by atoms with Crippen LogP contribution in [0.25, 0.3) is 0 Å². The van der Waals surface area contributed by atoms with Gasteiger partial charge in [-0.2, -0.15) is 0 Å². The van der Waals surface area contributed by atoms with Crippen molar-refractivity contribution in [2.45, 2.75) is 40.5 Å². The summed E-state index contributed by atoms with van der Waals surface area (Å²) in [6.07, 6.45) is 7.91. The van der Waals surface area contributed by atoms with Crippen molar-refractivity contribution in [1.29, 1.82) is 0 Å².